The minimum absolute atomic E-state index is 0.0457. The van der Waals surface area contributed by atoms with Gasteiger partial charge in [-0.15, -0.1) is 0 Å². The van der Waals surface area contributed by atoms with Gasteiger partial charge in [-0.05, 0) is 50.3 Å². The fraction of sp³-hybridized carbons (Fsp3) is 0.760. The Labute approximate surface area is 198 Å². The third-order valence-electron chi connectivity index (χ3n) is 6.01. The summed E-state index contributed by atoms with van der Waals surface area (Å²) in [6.07, 6.45) is 1.68. The van der Waals surface area contributed by atoms with Gasteiger partial charge in [0.2, 0.25) is 5.91 Å². The first-order valence-electron chi connectivity index (χ1n) is 12.2. The van der Waals surface area contributed by atoms with Gasteiger partial charge in [-0.3, -0.25) is 14.7 Å². The van der Waals surface area contributed by atoms with Crippen molar-refractivity contribution in [3.8, 4) is 0 Å². The van der Waals surface area contributed by atoms with Crippen LogP contribution in [0.5, 0.6) is 0 Å². The lowest BCUT2D eigenvalue weighted by atomic mass is 10.1. The highest BCUT2D eigenvalue weighted by Gasteiger charge is 2.30. The number of aliphatic hydroxyl groups excluding tert-OH is 2. The molecular weight excluding hydrogens is 422 g/mol. The van der Waals surface area contributed by atoms with Gasteiger partial charge in [0.25, 0.3) is 0 Å². The average Bonchev–Trinajstić information content (AvgIpc) is 2.77. The average molecular weight is 466 g/mol. The van der Waals surface area contributed by atoms with Crippen LogP contribution in [0, 0.1) is 12.8 Å². The van der Waals surface area contributed by atoms with Gasteiger partial charge >= 0.3 is 0 Å². The molecule has 188 valence electrons. The van der Waals surface area contributed by atoms with Crippen molar-refractivity contribution in [2.75, 3.05) is 46.0 Å². The van der Waals surface area contributed by atoms with Crippen LogP contribution in [0.4, 0.5) is 0 Å². The molecule has 0 unspecified atom stereocenters. The van der Waals surface area contributed by atoms with E-state index in [0.717, 1.165) is 43.6 Å². The van der Waals surface area contributed by atoms with Gasteiger partial charge in [0.15, 0.2) is 0 Å². The molecule has 3 atom stereocenters. The van der Waals surface area contributed by atoms with Crippen LogP contribution in [-0.2, 0) is 20.8 Å². The zero-order chi connectivity index (χ0) is 24.2. The second kappa shape index (κ2) is 14.6. The molecular formula is C25H43N3O5. The van der Waals surface area contributed by atoms with Crippen LogP contribution in [0.1, 0.15) is 51.3 Å². The number of aliphatic hydroxyl groups is 2. The van der Waals surface area contributed by atoms with Crippen LogP contribution in [0.2, 0.25) is 0 Å². The first-order valence-corrected chi connectivity index (χ1v) is 12.2. The fourth-order valence-corrected chi connectivity index (χ4v) is 3.78. The molecule has 8 heteroatoms. The zero-order valence-electron chi connectivity index (χ0n) is 20.8. The SMILES string of the molecule is CC(=O)N1CCN(Cc2ccc(C)nc2)CCCCOC[C@@H](O)[C@@H](O)[C@H](OCCC(C)C)C1. The Morgan fingerprint density at radius 3 is 2.70 bits per heavy atom. The highest BCUT2D eigenvalue weighted by atomic mass is 16.5. The summed E-state index contributed by atoms with van der Waals surface area (Å²) in [5.74, 6) is 0.386. The van der Waals surface area contributed by atoms with Crippen molar-refractivity contribution in [1.82, 2.24) is 14.8 Å². The zero-order valence-corrected chi connectivity index (χ0v) is 20.8. The number of nitrogens with zero attached hydrogens (tertiary/aromatic N) is 3. The van der Waals surface area contributed by atoms with Crippen LogP contribution >= 0.6 is 0 Å². The van der Waals surface area contributed by atoms with E-state index in [1.54, 1.807) is 4.90 Å². The molecule has 1 fully saturated rings. The number of aromatic nitrogens is 1. The van der Waals surface area contributed by atoms with Crippen LogP contribution in [0.25, 0.3) is 0 Å². The monoisotopic (exact) mass is 465 g/mol. The van der Waals surface area contributed by atoms with Crippen molar-refractivity contribution in [3.05, 3.63) is 29.6 Å². The van der Waals surface area contributed by atoms with E-state index in [1.807, 2.05) is 19.2 Å². The number of hydrogen-bond donors (Lipinski definition) is 2. The molecule has 8 nitrogen and oxygen atoms in total. The Balaban J connectivity index is 2.11. The van der Waals surface area contributed by atoms with E-state index in [2.05, 4.69) is 29.8 Å². The summed E-state index contributed by atoms with van der Waals surface area (Å²) in [7, 11) is 0. The molecule has 1 aromatic rings. The molecule has 1 saturated heterocycles. The Bertz CT molecular complexity index is 685. The van der Waals surface area contributed by atoms with E-state index < -0.39 is 18.3 Å². The maximum Gasteiger partial charge on any atom is 0.219 e. The predicted molar refractivity (Wildman–Crippen MR) is 128 cm³/mol. The molecule has 0 spiro atoms. The van der Waals surface area contributed by atoms with E-state index >= 15 is 0 Å². The highest BCUT2D eigenvalue weighted by Crippen LogP contribution is 2.13. The number of rotatable bonds is 6. The third-order valence-corrected chi connectivity index (χ3v) is 6.01. The minimum atomic E-state index is -1.13. The molecule has 1 amide bonds. The Kier molecular flexibility index (Phi) is 12.3. The summed E-state index contributed by atoms with van der Waals surface area (Å²) in [4.78, 5) is 20.9. The number of carbonyl (C=O) groups excluding carboxylic acids is 1. The van der Waals surface area contributed by atoms with Crippen molar-refractivity contribution in [3.63, 3.8) is 0 Å². The molecule has 0 aromatic carbocycles. The second-order valence-electron chi connectivity index (χ2n) is 9.48. The quantitative estimate of drug-likeness (QED) is 0.663. The van der Waals surface area contributed by atoms with Crippen LogP contribution in [-0.4, -0.2) is 95.2 Å². The summed E-state index contributed by atoms with van der Waals surface area (Å²) >= 11 is 0. The first kappa shape index (κ1) is 27.7. The first-order chi connectivity index (χ1) is 15.8. The lowest BCUT2D eigenvalue weighted by molar-refractivity contribution is -0.140. The third kappa shape index (κ3) is 10.5. The standard InChI is InChI=1S/C25H43N3O5/c1-19(2)9-14-33-24-17-28(21(4)29)12-11-27(16-22-8-7-20(3)26-15-22)10-5-6-13-32-18-23(30)25(24)31/h7-8,15,19,23-25,30-31H,5-6,9-14,16-18H2,1-4H3/t23-,24-,25-/m1/s1. The van der Waals surface area contributed by atoms with Crippen LogP contribution in [0.3, 0.4) is 0 Å². The lowest BCUT2D eigenvalue weighted by Gasteiger charge is -2.33. The van der Waals surface area contributed by atoms with Gasteiger partial charge < -0.3 is 24.6 Å². The summed E-state index contributed by atoms with van der Waals surface area (Å²) < 4.78 is 11.6. The highest BCUT2D eigenvalue weighted by molar-refractivity contribution is 5.73. The van der Waals surface area contributed by atoms with Crippen molar-refractivity contribution in [2.45, 2.75) is 71.8 Å². The normalized spacial score (nSPS) is 24.6. The summed E-state index contributed by atoms with van der Waals surface area (Å²) in [5.41, 5.74) is 2.13. The number of hydrogen-bond acceptors (Lipinski definition) is 7. The van der Waals surface area contributed by atoms with Gasteiger partial charge in [0.1, 0.15) is 18.3 Å². The summed E-state index contributed by atoms with van der Waals surface area (Å²) in [6, 6.07) is 4.11. The molecule has 0 saturated carbocycles. The molecule has 33 heavy (non-hydrogen) atoms. The molecule has 1 aliphatic heterocycles. The second-order valence-corrected chi connectivity index (χ2v) is 9.48. The van der Waals surface area contributed by atoms with Crippen LogP contribution < -0.4 is 0 Å². The summed E-state index contributed by atoms with van der Waals surface area (Å²) in [6.45, 7) is 11.9. The molecule has 2 heterocycles. The van der Waals surface area contributed by atoms with E-state index in [1.165, 1.54) is 6.92 Å². The van der Waals surface area contributed by atoms with Crippen molar-refractivity contribution >= 4 is 5.91 Å². The molecule has 0 bridgehead atoms. The molecule has 1 aliphatic rings. The van der Waals surface area contributed by atoms with Gasteiger partial charge in [0.05, 0.1) is 6.61 Å². The molecule has 2 rings (SSSR count). The topological polar surface area (TPSA) is 95.4 Å². The van der Waals surface area contributed by atoms with Gasteiger partial charge in [-0.25, -0.2) is 0 Å². The largest absolute Gasteiger partial charge is 0.388 e. The van der Waals surface area contributed by atoms with Crippen LogP contribution in [0.15, 0.2) is 18.3 Å². The number of aryl methyl sites for hydroxylation is 1. The smallest absolute Gasteiger partial charge is 0.219 e. The summed E-state index contributed by atoms with van der Waals surface area (Å²) in [5, 5.41) is 21.2. The fourth-order valence-electron chi connectivity index (χ4n) is 3.78. The lowest BCUT2D eigenvalue weighted by Crippen LogP contribution is -2.50. The molecule has 1 aromatic heterocycles. The maximum atomic E-state index is 12.4. The minimum Gasteiger partial charge on any atom is -0.388 e. The van der Waals surface area contributed by atoms with Crippen molar-refractivity contribution < 1.29 is 24.5 Å². The molecule has 2 N–H and O–H groups in total. The van der Waals surface area contributed by atoms with Gasteiger partial charge in [-0.1, -0.05) is 19.9 Å². The Hall–Kier alpha value is -1.58. The molecule has 0 aliphatic carbocycles. The maximum absolute atomic E-state index is 12.4. The van der Waals surface area contributed by atoms with Crippen molar-refractivity contribution in [1.29, 1.82) is 0 Å². The Morgan fingerprint density at radius 1 is 1.24 bits per heavy atom. The van der Waals surface area contributed by atoms with E-state index in [9.17, 15) is 15.0 Å². The van der Waals surface area contributed by atoms with E-state index in [4.69, 9.17) is 9.47 Å². The number of ether oxygens (including phenoxy) is 2. The number of amides is 1. The predicted octanol–water partition coefficient (Wildman–Crippen LogP) is 2.00. The van der Waals surface area contributed by atoms with E-state index in [-0.39, 0.29) is 19.1 Å². The van der Waals surface area contributed by atoms with E-state index in [0.29, 0.717) is 32.2 Å². The van der Waals surface area contributed by atoms with Gasteiger partial charge in [0, 0.05) is 58.2 Å². The number of pyridine rings is 1. The van der Waals surface area contributed by atoms with Gasteiger partial charge in [-0.2, -0.15) is 0 Å². The molecule has 0 radical (unpaired) electrons. The Morgan fingerprint density at radius 2 is 2.03 bits per heavy atom. The number of carbonyl (C=O) groups is 1. The van der Waals surface area contributed by atoms with Crippen molar-refractivity contribution in [2.24, 2.45) is 5.92 Å².